The topological polar surface area (TPSA) is 50.7 Å². The van der Waals surface area contributed by atoms with Gasteiger partial charge in [0.15, 0.2) is 0 Å². The summed E-state index contributed by atoms with van der Waals surface area (Å²) in [7, 11) is 0. The highest BCUT2D eigenvalue weighted by Crippen LogP contribution is 2.21. The molecule has 1 aliphatic heterocycles. The summed E-state index contributed by atoms with van der Waals surface area (Å²) in [6, 6.07) is 5.50. The first-order chi connectivity index (χ1) is 10.6. The van der Waals surface area contributed by atoms with Crippen LogP contribution in [0.5, 0.6) is 0 Å². The molecule has 0 saturated carbocycles. The summed E-state index contributed by atoms with van der Waals surface area (Å²) in [6.07, 6.45) is 2.63. The largest absolute Gasteiger partial charge is 0.389 e. The number of aliphatic hydroxyl groups is 1. The van der Waals surface area contributed by atoms with Crippen LogP contribution >= 0.6 is 23.2 Å². The summed E-state index contributed by atoms with van der Waals surface area (Å²) in [6.45, 7) is 2.96. The van der Waals surface area contributed by atoms with Crippen LogP contribution in [0.3, 0.4) is 0 Å². The maximum absolute atomic E-state index is 9.84. The second-order valence-corrected chi connectivity index (χ2v) is 6.36. The van der Waals surface area contributed by atoms with Crippen molar-refractivity contribution in [3.63, 3.8) is 0 Å². The molecule has 1 saturated heterocycles. The van der Waals surface area contributed by atoms with Crippen LogP contribution in [-0.2, 0) is 15.9 Å². The van der Waals surface area contributed by atoms with Gasteiger partial charge in [-0.2, -0.15) is 0 Å². The number of hydrogen-bond acceptors (Lipinski definition) is 4. The standard InChI is InChI=1S/C16H23Cl2NO3/c17-13-4-3-12(16(18)8-13)5-6-19-9-14(20)10-21-11-15-2-1-7-22-15/h3-4,8,14-15,19-20H,1-2,5-7,9-11H2/t14-,15+/m1/s1. The number of ether oxygens (including phenoxy) is 2. The van der Waals surface area contributed by atoms with Crippen LogP contribution in [0.1, 0.15) is 18.4 Å². The average molecular weight is 348 g/mol. The molecule has 4 nitrogen and oxygen atoms in total. The minimum atomic E-state index is -0.512. The first-order valence-corrected chi connectivity index (χ1v) is 8.43. The highest BCUT2D eigenvalue weighted by Gasteiger charge is 2.16. The second-order valence-electron chi connectivity index (χ2n) is 5.52. The van der Waals surface area contributed by atoms with Crippen molar-refractivity contribution in [1.29, 1.82) is 0 Å². The summed E-state index contributed by atoms with van der Waals surface area (Å²) in [5.74, 6) is 0. The number of benzene rings is 1. The van der Waals surface area contributed by atoms with Gasteiger partial charge in [-0.15, -0.1) is 0 Å². The molecule has 124 valence electrons. The summed E-state index contributed by atoms with van der Waals surface area (Å²) in [5, 5.41) is 14.4. The lowest BCUT2D eigenvalue weighted by Crippen LogP contribution is -2.32. The van der Waals surface area contributed by atoms with E-state index in [4.69, 9.17) is 32.7 Å². The Morgan fingerprint density at radius 1 is 1.41 bits per heavy atom. The smallest absolute Gasteiger partial charge is 0.0897 e. The van der Waals surface area contributed by atoms with Crippen LogP contribution in [0.25, 0.3) is 0 Å². The van der Waals surface area contributed by atoms with E-state index in [2.05, 4.69) is 5.32 Å². The Morgan fingerprint density at radius 3 is 3.00 bits per heavy atom. The average Bonchev–Trinajstić information content (AvgIpc) is 2.99. The first-order valence-electron chi connectivity index (χ1n) is 7.67. The van der Waals surface area contributed by atoms with Gasteiger partial charge in [0.2, 0.25) is 0 Å². The van der Waals surface area contributed by atoms with Gasteiger partial charge in [-0.05, 0) is 43.5 Å². The number of nitrogens with one attached hydrogen (secondary N) is 1. The van der Waals surface area contributed by atoms with Gasteiger partial charge in [0, 0.05) is 23.2 Å². The van der Waals surface area contributed by atoms with Crippen molar-refractivity contribution < 1.29 is 14.6 Å². The van der Waals surface area contributed by atoms with Gasteiger partial charge in [0.1, 0.15) is 0 Å². The second kappa shape index (κ2) is 9.71. The molecule has 0 radical (unpaired) electrons. The van der Waals surface area contributed by atoms with Crippen LogP contribution in [0.2, 0.25) is 10.0 Å². The summed E-state index contributed by atoms with van der Waals surface area (Å²) >= 11 is 12.0. The summed E-state index contributed by atoms with van der Waals surface area (Å²) < 4.78 is 10.9. The molecule has 0 aromatic heterocycles. The fourth-order valence-corrected chi connectivity index (χ4v) is 2.89. The Labute approximate surface area is 141 Å². The molecule has 22 heavy (non-hydrogen) atoms. The van der Waals surface area contributed by atoms with Crippen molar-refractivity contribution in [3.05, 3.63) is 33.8 Å². The van der Waals surface area contributed by atoms with Crippen LogP contribution in [0.4, 0.5) is 0 Å². The number of rotatable bonds is 9. The number of aliphatic hydroxyl groups excluding tert-OH is 1. The fraction of sp³-hybridized carbons (Fsp3) is 0.625. The Morgan fingerprint density at radius 2 is 2.27 bits per heavy atom. The van der Waals surface area contributed by atoms with Gasteiger partial charge in [-0.25, -0.2) is 0 Å². The molecule has 6 heteroatoms. The molecule has 0 amide bonds. The first kappa shape index (κ1) is 18.0. The molecule has 0 bridgehead atoms. The van der Waals surface area contributed by atoms with Crippen LogP contribution in [0.15, 0.2) is 18.2 Å². The Hall–Kier alpha value is -0.360. The lowest BCUT2D eigenvalue weighted by molar-refractivity contribution is -0.0163. The molecule has 1 aromatic rings. The van der Waals surface area contributed by atoms with E-state index in [1.807, 2.05) is 12.1 Å². The molecule has 1 aromatic carbocycles. The summed E-state index contributed by atoms with van der Waals surface area (Å²) in [4.78, 5) is 0. The quantitative estimate of drug-likeness (QED) is 0.674. The van der Waals surface area contributed by atoms with Gasteiger partial charge in [0.25, 0.3) is 0 Å². The van der Waals surface area contributed by atoms with Gasteiger partial charge < -0.3 is 19.9 Å². The third-order valence-corrected chi connectivity index (χ3v) is 4.19. The maximum atomic E-state index is 9.84. The van der Waals surface area contributed by atoms with Crippen LogP contribution in [0, 0.1) is 0 Å². The fourth-order valence-electron chi connectivity index (χ4n) is 2.39. The van der Waals surface area contributed by atoms with Gasteiger partial charge in [-0.1, -0.05) is 29.3 Å². The zero-order valence-corrected chi connectivity index (χ0v) is 14.1. The Balaban J connectivity index is 1.53. The van der Waals surface area contributed by atoms with E-state index >= 15 is 0 Å². The molecule has 0 unspecified atom stereocenters. The molecular weight excluding hydrogens is 325 g/mol. The van der Waals surface area contributed by atoms with Crippen molar-refractivity contribution in [2.75, 3.05) is 32.9 Å². The SMILES string of the molecule is O[C@H](CNCCc1ccc(Cl)cc1Cl)COC[C@@H]1CCCO1. The summed E-state index contributed by atoms with van der Waals surface area (Å²) in [5.41, 5.74) is 1.04. The van der Waals surface area contributed by atoms with Crippen molar-refractivity contribution in [2.24, 2.45) is 0 Å². The minimum Gasteiger partial charge on any atom is -0.389 e. The van der Waals surface area contributed by atoms with E-state index in [1.165, 1.54) is 0 Å². The zero-order valence-electron chi connectivity index (χ0n) is 12.6. The molecule has 2 N–H and O–H groups in total. The molecule has 1 aliphatic rings. The van der Waals surface area contributed by atoms with Crippen molar-refractivity contribution in [1.82, 2.24) is 5.32 Å². The van der Waals surface area contributed by atoms with E-state index in [-0.39, 0.29) is 6.10 Å². The molecule has 2 rings (SSSR count). The Kier molecular flexibility index (Phi) is 7.94. The van der Waals surface area contributed by atoms with E-state index in [0.29, 0.717) is 29.8 Å². The van der Waals surface area contributed by atoms with Gasteiger partial charge in [-0.3, -0.25) is 0 Å². The molecule has 0 aliphatic carbocycles. The highest BCUT2D eigenvalue weighted by atomic mass is 35.5. The Bertz CT molecular complexity index is 453. The van der Waals surface area contributed by atoms with E-state index in [0.717, 1.165) is 38.0 Å². The monoisotopic (exact) mass is 347 g/mol. The number of hydrogen-bond donors (Lipinski definition) is 2. The predicted molar refractivity (Wildman–Crippen MR) is 88.8 cm³/mol. The van der Waals surface area contributed by atoms with Crippen LogP contribution in [-0.4, -0.2) is 50.2 Å². The van der Waals surface area contributed by atoms with E-state index < -0.39 is 6.10 Å². The van der Waals surface area contributed by atoms with Gasteiger partial charge >= 0.3 is 0 Å². The van der Waals surface area contributed by atoms with E-state index in [1.54, 1.807) is 6.07 Å². The minimum absolute atomic E-state index is 0.201. The normalized spacial score (nSPS) is 19.5. The lowest BCUT2D eigenvalue weighted by atomic mass is 10.1. The molecule has 2 atom stereocenters. The van der Waals surface area contributed by atoms with Crippen molar-refractivity contribution in [2.45, 2.75) is 31.5 Å². The number of halogens is 2. The third-order valence-electron chi connectivity index (χ3n) is 3.60. The maximum Gasteiger partial charge on any atom is 0.0897 e. The molecule has 0 spiro atoms. The van der Waals surface area contributed by atoms with Crippen LogP contribution < -0.4 is 5.32 Å². The highest BCUT2D eigenvalue weighted by molar-refractivity contribution is 6.35. The van der Waals surface area contributed by atoms with Crippen molar-refractivity contribution >= 4 is 23.2 Å². The molecular formula is C16H23Cl2NO3. The zero-order chi connectivity index (χ0) is 15.8. The third kappa shape index (κ3) is 6.41. The molecule has 1 heterocycles. The molecule has 1 fully saturated rings. The lowest BCUT2D eigenvalue weighted by Gasteiger charge is -2.14. The predicted octanol–water partition coefficient (Wildman–Crippen LogP) is 2.68. The van der Waals surface area contributed by atoms with E-state index in [9.17, 15) is 5.11 Å². The van der Waals surface area contributed by atoms with Gasteiger partial charge in [0.05, 0.1) is 25.4 Å². The van der Waals surface area contributed by atoms with Crippen molar-refractivity contribution in [3.8, 4) is 0 Å².